The summed E-state index contributed by atoms with van der Waals surface area (Å²) in [5, 5.41) is 0. The Balaban J connectivity index is 2.78. The minimum atomic E-state index is 0.590. The summed E-state index contributed by atoms with van der Waals surface area (Å²) in [4.78, 5) is 10.2. The molecule has 1 rings (SSSR count). The molecule has 0 bridgehead atoms. The molecule has 0 saturated carbocycles. The van der Waals surface area contributed by atoms with Gasteiger partial charge in [0.2, 0.25) is 0 Å². The smallest absolute Gasteiger partial charge is 0.120 e. The van der Waals surface area contributed by atoms with E-state index in [1.165, 1.54) is 11.1 Å². The highest BCUT2D eigenvalue weighted by Gasteiger charge is 1.99. The molecule has 0 spiro atoms. The van der Waals surface area contributed by atoms with Gasteiger partial charge in [0.25, 0.3) is 0 Å². The summed E-state index contributed by atoms with van der Waals surface area (Å²) in [5.41, 5.74) is 2.40. The number of benzene rings is 1. The number of rotatable bonds is 4. The molecule has 2 heteroatoms. The maximum Gasteiger partial charge on any atom is 0.120 e. The number of hydrogen-bond acceptors (Lipinski definition) is 2. The van der Waals surface area contributed by atoms with Crippen molar-refractivity contribution in [2.75, 3.05) is 7.11 Å². The van der Waals surface area contributed by atoms with Gasteiger partial charge >= 0.3 is 0 Å². The molecule has 0 radical (unpaired) electrons. The van der Waals surface area contributed by atoms with Crippen LogP contribution in [0.25, 0.3) is 0 Å². The van der Waals surface area contributed by atoms with Crippen molar-refractivity contribution in [3.05, 3.63) is 29.3 Å². The van der Waals surface area contributed by atoms with Crippen LogP contribution in [0.15, 0.2) is 18.2 Å². The zero-order valence-corrected chi connectivity index (χ0v) is 8.04. The predicted octanol–water partition coefficient (Wildman–Crippen LogP) is 2.14. The summed E-state index contributed by atoms with van der Waals surface area (Å²) in [6.45, 7) is 2.03. The monoisotopic (exact) mass is 178 g/mol. The normalized spacial score (nSPS) is 9.69. The van der Waals surface area contributed by atoms with Crippen LogP contribution in [0.3, 0.4) is 0 Å². The van der Waals surface area contributed by atoms with Gasteiger partial charge in [-0.2, -0.15) is 0 Å². The molecule has 0 amide bonds. The van der Waals surface area contributed by atoms with E-state index in [1.54, 1.807) is 7.11 Å². The topological polar surface area (TPSA) is 26.3 Å². The minimum Gasteiger partial charge on any atom is -0.497 e. The van der Waals surface area contributed by atoms with Crippen LogP contribution in [0.5, 0.6) is 5.75 Å². The molecule has 0 heterocycles. The lowest BCUT2D eigenvalue weighted by atomic mass is 10.0. The SMILES string of the molecule is COc1ccc(CCC=O)c(C)c1. The zero-order valence-electron chi connectivity index (χ0n) is 8.04. The molecule has 0 aliphatic heterocycles. The van der Waals surface area contributed by atoms with Gasteiger partial charge in [0, 0.05) is 6.42 Å². The van der Waals surface area contributed by atoms with Gasteiger partial charge in [0.05, 0.1) is 7.11 Å². The number of carbonyl (C=O) groups excluding carboxylic acids is 1. The molecule has 0 aliphatic carbocycles. The third kappa shape index (κ3) is 2.58. The van der Waals surface area contributed by atoms with Crippen LogP contribution in [0.2, 0.25) is 0 Å². The Kier molecular flexibility index (Phi) is 3.50. The third-order valence-electron chi connectivity index (χ3n) is 2.08. The molecule has 1 aromatic rings. The summed E-state index contributed by atoms with van der Waals surface area (Å²) in [6.07, 6.45) is 2.36. The van der Waals surface area contributed by atoms with E-state index < -0.39 is 0 Å². The van der Waals surface area contributed by atoms with Gasteiger partial charge in [-0.1, -0.05) is 6.07 Å². The fraction of sp³-hybridized carbons (Fsp3) is 0.364. The maximum absolute atomic E-state index is 10.2. The molecule has 0 aromatic heterocycles. The van der Waals surface area contributed by atoms with E-state index in [0.717, 1.165) is 18.5 Å². The first-order valence-corrected chi connectivity index (χ1v) is 4.35. The van der Waals surface area contributed by atoms with Crippen LogP contribution >= 0.6 is 0 Å². The summed E-state index contributed by atoms with van der Waals surface area (Å²) in [5.74, 6) is 0.868. The Morgan fingerprint density at radius 1 is 1.46 bits per heavy atom. The first kappa shape index (κ1) is 9.78. The number of aryl methyl sites for hydroxylation is 2. The highest BCUT2D eigenvalue weighted by Crippen LogP contribution is 2.17. The van der Waals surface area contributed by atoms with E-state index in [1.807, 2.05) is 25.1 Å². The zero-order chi connectivity index (χ0) is 9.68. The average Bonchev–Trinajstić information content (AvgIpc) is 2.16. The summed E-state index contributed by atoms with van der Waals surface area (Å²) >= 11 is 0. The summed E-state index contributed by atoms with van der Waals surface area (Å²) in [7, 11) is 1.65. The molecule has 0 N–H and O–H groups in total. The lowest BCUT2D eigenvalue weighted by Gasteiger charge is -2.05. The fourth-order valence-corrected chi connectivity index (χ4v) is 1.29. The van der Waals surface area contributed by atoms with Crippen LogP contribution < -0.4 is 4.74 Å². The molecular weight excluding hydrogens is 164 g/mol. The molecular formula is C11H14O2. The van der Waals surface area contributed by atoms with Gasteiger partial charge in [0.1, 0.15) is 12.0 Å². The van der Waals surface area contributed by atoms with Gasteiger partial charge < -0.3 is 9.53 Å². The molecule has 1 aromatic carbocycles. The fourth-order valence-electron chi connectivity index (χ4n) is 1.29. The van der Waals surface area contributed by atoms with Crippen molar-refractivity contribution in [2.45, 2.75) is 19.8 Å². The van der Waals surface area contributed by atoms with Gasteiger partial charge in [-0.3, -0.25) is 0 Å². The second kappa shape index (κ2) is 4.65. The average molecular weight is 178 g/mol. The van der Waals surface area contributed by atoms with Crippen molar-refractivity contribution in [2.24, 2.45) is 0 Å². The van der Waals surface area contributed by atoms with Crippen molar-refractivity contribution < 1.29 is 9.53 Å². The maximum atomic E-state index is 10.2. The van der Waals surface area contributed by atoms with Gasteiger partial charge in [-0.05, 0) is 36.6 Å². The van der Waals surface area contributed by atoms with Gasteiger partial charge in [-0.25, -0.2) is 0 Å². The largest absolute Gasteiger partial charge is 0.497 e. The lowest BCUT2D eigenvalue weighted by molar-refractivity contribution is -0.107. The van der Waals surface area contributed by atoms with Gasteiger partial charge in [0.15, 0.2) is 0 Å². The molecule has 0 atom stereocenters. The molecule has 2 nitrogen and oxygen atoms in total. The molecule has 0 unspecified atom stereocenters. The lowest BCUT2D eigenvalue weighted by Crippen LogP contribution is -1.91. The van der Waals surface area contributed by atoms with Crippen molar-refractivity contribution in [1.82, 2.24) is 0 Å². The number of methoxy groups -OCH3 is 1. The summed E-state index contributed by atoms with van der Waals surface area (Å²) in [6, 6.07) is 5.92. The van der Waals surface area contributed by atoms with Crippen molar-refractivity contribution in [3.8, 4) is 5.75 Å². The van der Waals surface area contributed by atoms with Crippen molar-refractivity contribution in [1.29, 1.82) is 0 Å². The van der Waals surface area contributed by atoms with Crippen molar-refractivity contribution in [3.63, 3.8) is 0 Å². The molecule has 13 heavy (non-hydrogen) atoms. The first-order valence-electron chi connectivity index (χ1n) is 4.35. The predicted molar refractivity (Wildman–Crippen MR) is 52.1 cm³/mol. The van der Waals surface area contributed by atoms with Crippen LogP contribution in [-0.4, -0.2) is 13.4 Å². The Hall–Kier alpha value is -1.31. The summed E-state index contributed by atoms with van der Waals surface area (Å²) < 4.78 is 5.08. The van der Waals surface area contributed by atoms with E-state index in [9.17, 15) is 4.79 Å². The number of hydrogen-bond donors (Lipinski definition) is 0. The molecule has 0 fully saturated rings. The minimum absolute atomic E-state index is 0.590. The Bertz CT molecular complexity index is 292. The van der Waals surface area contributed by atoms with E-state index >= 15 is 0 Å². The van der Waals surface area contributed by atoms with Crippen LogP contribution in [0, 0.1) is 6.92 Å². The Morgan fingerprint density at radius 2 is 2.23 bits per heavy atom. The second-order valence-corrected chi connectivity index (χ2v) is 3.00. The van der Waals surface area contributed by atoms with Crippen LogP contribution in [0.1, 0.15) is 17.5 Å². The number of carbonyl (C=O) groups is 1. The van der Waals surface area contributed by atoms with Crippen molar-refractivity contribution >= 4 is 6.29 Å². The second-order valence-electron chi connectivity index (χ2n) is 3.00. The van der Waals surface area contributed by atoms with Crippen LogP contribution in [-0.2, 0) is 11.2 Å². The van der Waals surface area contributed by atoms with E-state index in [2.05, 4.69) is 0 Å². The van der Waals surface area contributed by atoms with Gasteiger partial charge in [-0.15, -0.1) is 0 Å². The quantitative estimate of drug-likeness (QED) is 0.660. The number of ether oxygens (including phenoxy) is 1. The molecule has 0 saturated heterocycles. The van der Waals surface area contributed by atoms with E-state index in [4.69, 9.17) is 4.74 Å². The molecule has 0 aliphatic rings. The Labute approximate surface area is 78.5 Å². The number of aldehydes is 1. The molecule has 70 valence electrons. The van der Waals surface area contributed by atoms with Crippen LogP contribution in [0.4, 0.5) is 0 Å². The Morgan fingerprint density at radius 3 is 2.77 bits per heavy atom. The first-order chi connectivity index (χ1) is 6.27. The standard InChI is InChI=1S/C11H14O2/c1-9-8-11(13-2)6-5-10(9)4-3-7-12/h5-8H,3-4H2,1-2H3. The highest BCUT2D eigenvalue weighted by atomic mass is 16.5. The van der Waals surface area contributed by atoms with E-state index in [0.29, 0.717) is 6.42 Å². The van der Waals surface area contributed by atoms with E-state index in [-0.39, 0.29) is 0 Å². The third-order valence-corrected chi connectivity index (χ3v) is 2.08. The highest BCUT2D eigenvalue weighted by molar-refractivity contribution is 5.50.